The summed E-state index contributed by atoms with van der Waals surface area (Å²) < 4.78 is 1.83. The van der Waals surface area contributed by atoms with Gasteiger partial charge < -0.3 is 0 Å². The van der Waals surface area contributed by atoms with Crippen LogP contribution in [0.25, 0.3) is 5.69 Å². The second-order valence-corrected chi connectivity index (χ2v) is 6.24. The molecule has 1 heterocycles. The molecule has 1 N–H and O–H groups in total. The molecule has 126 valence electrons. The number of nitrogens with zero attached hydrogens (tertiary/aromatic N) is 3. The molecule has 0 radical (unpaired) electrons. The first-order valence-electron chi connectivity index (χ1n) is 7.63. The number of thioether (sulfide) groups is 1. The minimum atomic E-state index is -0.411. The van der Waals surface area contributed by atoms with Gasteiger partial charge in [0.15, 0.2) is 5.16 Å². The van der Waals surface area contributed by atoms with Crippen LogP contribution in [0.2, 0.25) is 0 Å². The van der Waals surface area contributed by atoms with Crippen molar-refractivity contribution in [1.82, 2.24) is 20.1 Å². The van der Waals surface area contributed by atoms with Crippen molar-refractivity contribution in [1.29, 1.82) is 0 Å². The van der Waals surface area contributed by atoms with Crippen molar-refractivity contribution >= 4 is 23.6 Å². The molecular weight excluding hydrogens is 336 g/mol. The van der Waals surface area contributed by atoms with Crippen LogP contribution in [0.1, 0.15) is 15.9 Å². The second kappa shape index (κ2) is 7.76. The fourth-order valence-corrected chi connectivity index (χ4v) is 3.00. The number of nitrogens with one attached hydrogen (secondary N) is 1. The van der Waals surface area contributed by atoms with Crippen LogP contribution in [-0.2, 0) is 4.79 Å². The van der Waals surface area contributed by atoms with Gasteiger partial charge in [0, 0.05) is 5.56 Å². The van der Waals surface area contributed by atoms with Crippen LogP contribution in [-0.4, -0.2) is 32.3 Å². The van der Waals surface area contributed by atoms with Crippen LogP contribution in [0.5, 0.6) is 0 Å². The zero-order valence-electron chi connectivity index (χ0n) is 13.5. The standard InChI is InChI=1S/C18H16N4O2S/c1-13-7-5-6-10-15(13)22-12-19-21-18(22)25-11-16(23)20-17(24)14-8-3-2-4-9-14/h2-10,12H,11H2,1H3,(H,20,23,24). The topological polar surface area (TPSA) is 76.9 Å². The van der Waals surface area contributed by atoms with Crippen LogP contribution in [0.3, 0.4) is 0 Å². The molecule has 25 heavy (non-hydrogen) atoms. The van der Waals surface area contributed by atoms with E-state index in [1.165, 1.54) is 11.8 Å². The third-order valence-electron chi connectivity index (χ3n) is 3.51. The maximum absolute atomic E-state index is 12.0. The third-order valence-corrected chi connectivity index (χ3v) is 4.46. The first-order chi connectivity index (χ1) is 12.1. The predicted molar refractivity (Wildman–Crippen MR) is 95.7 cm³/mol. The molecule has 3 rings (SSSR count). The number of para-hydroxylation sites is 1. The first kappa shape index (κ1) is 16.9. The number of benzene rings is 2. The van der Waals surface area contributed by atoms with Gasteiger partial charge in [-0.2, -0.15) is 0 Å². The van der Waals surface area contributed by atoms with Gasteiger partial charge in [0.05, 0.1) is 11.4 Å². The van der Waals surface area contributed by atoms with Crippen LogP contribution in [0.4, 0.5) is 0 Å². The van der Waals surface area contributed by atoms with Crippen molar-refractivity contribution in [2.24, 2.45) is 0 Å². The Balaban J connectivity index is 1.63. The number of rotatable bonds is 5. The van der Waals surface area contributed by atoms with E-state index in [9.17, 15) is 9.59 Å². The van der Waals surface area contributed by atoms with Gasteiger partial charge in [-0.15, -0.1) is 10.2 Å². The minimum absolute atomic E-state index is 0.0726. The van der Waals surface area contributed by atoms with Crippen LogP contribution in [0.15, 0.2) is 66.1 Å². The van der Waals surface area contributed by atoms with E-state index >= 15 is 0 Å². The van der Waals surface area contributed by atoms with Crippen molar-refractivity contribution in [3.8, 4) is 5.69 Å². The molecule has 0 aliphatic carbocycles. The highest BCUT2D eigenvalue weighted by Gasteiger charge is 2.14. The summed E-state index contributed by atoms with van der Waals surface area (Å²) in [5, 5.41) is 10.9. The van der Waals surface area contributed by atoms with Gasteiger partial charge in [-0.3, -0.25) is 19.5 Å². The lowest BCUT2D eigenvalue weighted by atomic mass is 10.2. The third kappa shape index (κ3) is 4.13. The Morgan fingerprint density at radius 1 is 1.08 bits per heavy atom. The van der Waals surface area contributed by atoms with Gasteiger partial charge in [-0.25, -0.2) is 0 Å². The summed E-state index contributed by atoms with van der Waals surface area (Å²) in [6.45, 7) is 2.00. The Bertz CT molecular complexity index is 893. The number of aromatic nitrogens is 3. The van der Waals surface area contributed by atoms with E-state index in [2.05, 4.69) is 15.5 Å². The fourth-order valence-electron chi connectivity index (χ4n) is 2.28. The maximum atomic E-state index is 12.0. The lowest BCUT2D eigenvalue weighted by molar-refractivity contribution is -0.117. The van der Waals surface area contributed by atoms with E-state index in [0.29, 0.717) is 10.7 Å². The second-order valence-electron chi connectivity index (χ2n) is 5.30. The molecule has 0 bridgehead atoms. The van der Waals surface area contributed by atoms with Crippen molar-refractivity contribution in [3.05, 3.63) is 72.1 Å². The number of carbonyl (C=O) groups is 2. The summed E-state index contributed by atoms with van der Waals surface area (Å²) in [7, 11) is 0. The predicted octanol–water partition coefficient (Wildman–Crippen LogP) is 2.62. The molecule has 0 spiro atoms. The quantitative estimate of drug-likeness (QED) is 0.714. The molecule has 3 aromatic rings. The Morgan fingerprint density at radius 3 is 2.56 bits per heavy atom. The van der Waals surface area contributed by atoms with Crippen LogP contribution < -0.4 is 5.32 Å². The summed E-state index contributed by atoms with van der Waals surface area (Å²) >= 11 is 1.23. The lowest BCUT2D eigenvalue weighted by Crippen LogP contribution is -2.31. The molecule has 0 unspecified atom stereocenters. The van der Waals surface area contributed by atoms with Gasteiger partial charge in [-0.1, -0.05) is 48.2 Å². The van der Waals surface area contributed by atoms with E-state index in [1.54, 1.807) is 30.6 Å². The minimum Gasteiger partial charge on any atom is -0.292 e. The zero-order valence-corrected chi connectivity index (χ0v) is 14.4. The van der Waals surface area contributed by atoms with Gasteiger partial charge in [0.2, 0.25) is 5.91 Å². The highest BCUT2D eigenvalue weighted by atomic mass is 32.2. The molecule has 2 aromatic carbocycles. The van der Waals surface area contributed by atoms with E-state index < -0.39 is 5.91 Å². The summed E-state index contributed by atoms with van der Waals surface area (Å²) in [4.78, 5) is 24.0. The molecular formula is C18H16N4O2S. The molecule has 0 aliphatic heterocycles. The van der Waals surface area contributed by atoms with E-state index in [1.807, 2.05) is 41.8 Å². The fraction of sp³-hybridized carbons (Fsp3) is 0.111. The van der Waals surface area contributed by atoms with Gasteiger partial charge >= 0.3 is 0 Å². The average molecular weight is 352 g/mol. The molecule has 0 aliphatic rings. The van der Waals surface area contributed by atoms with Crippen molar-refractivity contribution in [2.45, 2.75) is 12.1 Å². The average Bonchev–Trinajstić information content (AvgIpc) is 3.09. The number of aryl methyl sites for hydroxylation is 1. The summed E-state index contributed by atoms with van der Waals surface area (Å²) in [5.41, 5.74) is 2.48. The van der Waals surface area contributed by atoms with Crippen molar-refractivity contribution in [2.75, 3.05) is 5.75 Å². The normalized spacial score (nSPS) is 10.4. The number of amides is 2. The molecule has 6 nitrogen and oxygen atoms in total. The van der Waals surface area contributed by atoms with Gasteiger partial charge in [-0.05, 0) is 30.7 Å². The van der Waals surface area contributed by atoms with Crippen LogP contribution in [0, 0.1) is 6.92 Å². The Labute approximate surface area is 149 Å². The summed E-state index contributed by atoms with van der Waals surface area (Å²) in [6.07, 6.45) is 1.61. The van der Waals surface area contributed by atoms with Crippen LogP contribution >= 0.6 is 11.8 Å². The maximum Gasteiger partial charge on any atom is 0.257 e. The SMILES string of the molecule is Cc1ccccc1-n1cnnc1SCC(=O)NC(=O)c1ccccc1. The monoisotopic (exact) mass is 352 g/mol. The number of hydrogen-bond donors (Lipinski definition) is 1. The number of hydrogen-bond acceptors (Lipinski definition) is 5. The van der Waals surface area contributed by atoms with E-state index in [0.717, 1.165) is 11.3 Å². The zero-order chi connectivity index (χ0) is 17.6. The molecule has 1 aromatic heterocycles. The highest BCUT2D eigenvalue weighted by Crippen LogP contribution is 2.21. The summed E-state index contributed by atoms with van der Waals surface area (Å²) in [6, 6.07) is 16.5. The van der Waals surface area contributed by atoms with Gasteiger partial charge in [0.1, 0.15) is 6.33 Å². The molecule has 2 amide bonds. The molecule has 0 saturated heterocycles. The molecule has 0 saturated carbocycles. The Morgan fingerprint density at radius 2 is 1.80 bits per heavy atom. The number of carbonyl (C=O) groups excluding carboxylic acids is 2. The largest absolute Gasteiger partial charge is 0.292 e. The van der Waals surface area contributed by atoms with Crippen molar-refractivity contribution in [3.63, 3.8) is 0 Å². The first-order valence-corrected chi connectivity index (χ1v) is 8.62. The van der Waals surface area contributed by atoms with Gasteiger partial charge in [0.25, 0.3) is 5.91 Å². The smallest absolute Gasteiger partial charge is 0.257 e. The molecule has 0 fully saturated rings. The number of imide groups is 1. The summed E-state index contributed by atoms with van der Waals surface area (Å²) in [5.74, 6) is -0.715. The lowest BCUT2D eigenvalue weighted by Gasteiger charge is -2.09. The Kier molecular flexibility index (Phi) is 5.25. The Hall–Kier alpha value is -2.93. The molecule has 0 atom stereocenters. The highest BCUT2D eigenvalue weighted by molar-refractivity contribution is 7.99. The molecule has 7 heteroatoms. The van der Waals surface area contributed by atoms with Crippen molar-refractivity contribution < 1.29 is 9.59 Å². The van der Waals surface area contributed by atoms with E-state index in [-0.39, 0.29) is 11.7 Å². The van der Waals surface area contributed by atoms with E-state index in [4.69, 9.17) is 0 Å².